The molecule has 1 aliphatic heterocycles. The van der Waals surface area contributed by atoms with E-state index in [1.165, 1.54) is 0 Å². The molecule has 1 aliphatic carbocycles. The Balaban J connectivity index is 1.41. The standard InChI is InChI=1S/C20H26N4O2/c25-19-3-1-2-18(19)23-12-8-15(9-13-23)14-24-20(26)5-4-17(22-24)16-6-10-21-11-7-16/h4-7,10-11,15,18-19,25H,1-3,8-9,12-14H2. The van der Waals surface area contributed by atoms with Crippen molar-refractivity contribution in [3.8, 4) is 11.3 Å². The minimum absolute atomic E-state index is 0.0450. The molecule has 0 amide bonds. The lowest BCUT2D eigenvalue weighted by molar-refractivity contribution is 0.0455. The molecular weight excluding hydrogens is 328 g/mol. The van der Waals surface area contributed by atoms with Crippen LogP contribution >= 0.6 is 0 Å². The number of hydrogen-bond acceptors (Lipinski definition) is 5. The Morgan fingerprint density at radius 2 is 1.81 bits per heavy atom. The monoisotopic (exact) mass is 354 g/mol. The van der Waals surface area contributed by atoms with Gasteiger partial charge >= 0.3 is 0 Å². The van der Waals surface area contributed by atoms with Gasteiger partial charge in [-0.2, -0.15) is 5.10 Å². The maximum Gasteiger partial charge on any atom is 0.266 e. The number of aromatic nitrogens is 3. The molecule has 2 aliphatic rings. The third-order valence-corrected chi connectivity index (χ3v) is 5.84. The fourth-order valence-corrected chi connectivity index (χ4v) is 4.31. The summed E-state index contributed by atoms with van der Waals surface area (Å²) in [5.74, 6) is 0.461. The maximum atomic E-state index is 12.2. The summed E-state index contributed by atoms with van der Waals surface area (Å²) in [7, 11) is 0. The molecule has 1 N–H and O–H groups in total. The lowest BCUT2D eigenvalue weighted by atomic mass is 9.95. The van der Waals surface area contributed by atoms with Crippen LogP contribution in [0, 0.1) is 5.92 Å². The van der Waals surface area contributed by atoms with Crippen LogP contribution in [-0.2, 0) is 6.54 Å². The average Bonchev–Trinajstić information content (AvgIpc) is 3.11. The molecule has 2 aromatic heterocycles. The van der Waals surface area contributed by atoms with Gasteiger partial charge in [-0.25, -0.2) is 4.68 Å². The van der Waals surface area contributed by atoms with Crippen LogP contribution in [0.3, 0.4) is 0 Å². The van der Waals surface area contributed by atoms with Gasteiger partial charge in [0.15, 0.2) is 0 Å². The molecule has 138 valence electrons. The second-order valence-corrected chi connectivity index (χ2v) is 7.52. The third kappa shape index (κ3) is 3.71. The summed E-state index contributed by atoms with van der Waals surface area (Å²) >= 11 is 0. The van der Waals surface area contributed by atoms with Crippen molar-refractivity contribution in [3.63, 3.8) is 0 Å². The van der Waals surface area contributed by atoms with E-state index in [-0.39, 0.29) is 11.7 Å². The zero-order valence-electron chi connectivity index (χ0n) is 15.0. The Morgan fingerprint density at radius 3 is 2.50 bits per heavy atom. The molecule has 2 fully saturated rings. The van der Waals surface area contributed by atoms with E-state index in [0.29, 0.717) is 18.5 Å². The molecule has 0 spiro atoms. The van der Waals surface area contributed by atoms with Gasteiger partial charge in [-0.1, -0.05) is 0 Å². The number of rotatable bonds is 4. The van der Waals surface area contributed by atoms with E-state index in [4.69, 9.17) is 0 Å². The zero-order chi connectivity index (χ0) is 17.9. The molecule has 6 nitrogen and oxygen atoms in total. The van der Waals surface area contributed by atoms with Gasteiger partial charge in [-0.3, -0.25) is 14.7 Å². The first-order valence-corrected chi connectivity index (χ1v) is 9.61. The number of aliphatic hydroxyl groups excluding tert-OH is 1. The summed E-state index contributed by atoms with van der Waals surface area (Å²) in [4.78, 5) is 18.7. The molecule has 6 heteroatoms. The number of piperidine rings is 1. The van der Waals surface area contributed by atoms with Gasteiger partial charge < -0.3 is 5.11 Å². The second kappa shape index (κ2) is 7.68. The minimum Gasteiger partial charge on any atom is -0.391 e. The van der Waals surface area contributed by atoms with Crippen molar-refractivity contribution >= 4 is 0 Å². The topological polar surface area (TPSA) is 71.2 Å². The molecular formula is C20H26N4O2. The summed E-state index contributed by atoms with van der Waals surface area (Å²) in [6, 6.07) is 7.53. The van der Waals surface area contributed by atoms with Crippen LogP contribution in [0.25, 0.3) is 11.3 Å². The van der Waals surface area contributed by atoms with Crippen molar-refractivity contribution < 1.29 is 5.11 Å². The maximum absolute atomic E-state index is 12.2. The van der Waals surface area contributed by atoms with E-state index >= 15 is 0 Å². The SMILES string of the molecule is O=c1ccc(-c2ccncc2)nn1CC1CCN(C2CCCC2O)CC1. The highest BCUT2D eigenvalue weighted by atomic mass is 16.3. The molecule has 0 aromatic carbocycles. The zero-order valence-corrected chi connectivity index (χ0v) is 15.0. The van der Waals surface area contributed by atoms with Gasteiger partial charge in [0.05, 0.1) is 11.8 Å². The summed E-state index contributed by atoms with van der Waals surface area (Å²) in [5.41, 5.74) is 1.73. The van der Waals surface area contributed by atoms with Crippen LogP contribution in [0.1, 0.15) is 32.1 Å². The number of hydrogen-bond donors (Lipinski definition) is 1. The van der Waals surface area contributed by atoms with Crippen LogP contribution in [0.4, 0.5) is 0 Å². The average molecular weight is 354 g/mol. The molecule has 1 saturated heterocycles. The normalized spacial score (nSPS) is 24.8. The lowest BCUT2D eigenvalue weighted by Crippen LogP contribution is -2.45. The summed E-state index contributed by atoms with van der Waals surface area (Å²) in [5, 5.41) is 14.7. The molecule has 0 radical (unpaired) electrons. The lowest BCUT2D eigenvalue weighted by Gasteiger charge is -2.37. The summed E-state index contributed by atoms with van der Waals surface area (Å²) in [6.07, 6.45) is 8.60. The second-order valence-electron chi connectivity index (χ2n) is 7.52. The van der Waals surface area contributed by atoms with Crippen molar-refractivity contribution in [2.75, 3.05) is 13.1 Å². The van der Waals surface area contributed by atoms with Crippen LogP contribution in [-0.4, -0.2) is 50.0 Å². The van der Waals surface area contributed by atoms with Crippen molar-refractivity contribution in [2.45, 2.75) is 50.8 Å². The van der Waals surface area contributed by atoms with Crippen LogP contribution in [0.15, 0.2) is 41.5 Å². The van der Waals surface area contributed by atoms with Crippen LogP contribution < -0.4 is 5.56 Å². The van der Waals surface area contributed by atoms with E-state index in [9.17, 15) is 9.90 Å². The minimum atomic E-state index is -0.159. The molecule has 2 aromatic rings. The molecule has 0 bridgehead atoms. The van der Waals surface area contributed by atoms with Gasteiger partial charge in [0, 0.05) is 36.6 Å². The highest BCUT2D eigenvalue weighted by molar-refractivity contribution is 5.56. The summed E-state index contributed by atoms with van der Waals surface area (Å²) in [6.45, 7) is 2.68. The Labute approximate surface area is 153 Å². The first-order valence-electron chi connectivity index (χ1n) is 9.61. The highest BCUT2D eigenvalue weighted by Gasteiger charge is 2.33. The van der Waals surface area contributed by atoms with Crippen molar-refractivity contribution in [3.05, 3.63) is 47.0 Å². The number of likely N-dealkylation sites (tertiary alicyclic amines) is 1. The molecule has 4 rings (SSSR count). The van der Waals surface area contributed by atoms with Gasteiger partial charge in [-0.15, -0.1) is 0 Å². The molecule has 2 unspecified atom stereocenters. The third-order valence-electron chi connectivity index (χ3n) is 5.84. The molecule has 26 heavy (non-hydrogen) atoms. The van der Waals surface area contributed by atoms with Crippen LogP contribution in [0.5, 0.6) is 0 Å². The molecule has 3 heterocycles. The largest absolute Gasteiger partial charge is 0.391 e. The Kier molecular flexibility index (Phi) is 5.13. The van der Waals surface area contributed by atoms with Gasteiger partial charge in [0.25, 0.3) is 5.56 Å². The van der Waals surface area contributed by atoms with E-state index in [0.717, 1.165) is 56.5 Å². The first kappa shape index (κ1) is 17.4. The Bertz CT molecular complexity index is 784. The van der Waals surface area contributed by atoms with Crippen molar-refractivity contribution in [2.24, 2.45) is 5.92 Å². The van der Waals surface area contributed by atoms with Gasteiger partial charge in [0.2, 0.25) is 0 Å². The molecule has 2 atom stereocenters. The fraction of sp³-hybridized carbons (Fsp3) is 0.550. The predicted octanol–water partition coefficient (Wildman–Crippen LogP) is 1.93. The number of aliphatic hydroxyl groups is 1. The summed E-state index contributed by atoms with van der Waals surface area (Å²) < 4.78 is 1.61. The van der Waals surface area contributed by atoms with E-state index < -0.39 is 0 Å². The Hall–Kier alpha value is -2.05. The quantitative estimate of drug-likeness (QED) is 0.908. The van der Waals surface area contributed by atoms with Gasteiger partial charge in [0.1, 0.15) is 0 Å². The van der Waals surface area contributed by atoms with E-state index in [1.54, 1.807) is 29.2 Å². The number of pyridine rings is 1. The smallest absolute Gasteiger partial charge is 0.266 e. The predicted molar refractivity (Wildman–Crippen MR) is 99.7 cm³/mol. The molecule has 1 saturated carbocycles. The van der Waals surface area contributed by atoms with E-state index in [2.05, 4.69) is 15.0 Å². The van der Waals surface area contributed by atoms with Crippen molar-refractivity contribution in [1.29, 1.82) is 0 Å². The van der Waals surface area contributed by atoms with Crippen molar-refractivity contribution in [1.82, 2.24) is 19.7 Å². The highest BCUT2D eigenvalue weighted by Crippen LogP contribution is 2.28. The van der Waals surface area contributed by atoms with Crippen LogP contribution in [0.2, 0.25) is 0 Å². The van der Waals surface area contributed by atoms with Gasteiger partial charge in [-0.05, 0) is 69.3 Å². The number of nitrogens with zero attached hydrogens (tertiary/aromatic N) is 4. The first-order chi connectivity index (χ1) is 12.7. The fourth-order valence-electron chi connectivity index (χ4n) is 4.31. The van der Waals surface area contributed by atoms with E-state index in [1.807, 2.05) is 12.1 Å². The Morgan fingerprint density at radius 1 is 1.04 bits per heavy atom.